The molecule has 0 aliphatic carbocycles. The molecule has 0 bridgehead atoms. The van der Waals surface area contributed by atoms with Crippen LogP contribution in [-0.2, 0) is 11.3 Å². The fourth-order valence-corrected chi connectivity index (χ4v) is 5.72. The number of thioether (sulfide) groups is 1. The summed E-state index contributed by atoms with van der Waals surface area (Å²) in [5.74, 6) is 2.92. The van der Waals surface area contributed by atoms with Gasteiger partial charge in [-0.1, -0.05) is 37.7 Å². The van der Waals surface area contributed by atoms with E-state index in [1.807, 2.05) is 29.3 Å². The van der Waals surface area contributed by atoms with Gasteiger partial charge >= 0.3 is 0 Å². The number of amides is 1. The number of piperidine rings is 1. The average Bonchev–Trinajstić information content (AvgIpc) is 3.33. The van der Waals surface area contributed by atoms with Crippen LogP contribution in [0.3, 0.4) is 0 Å². The molecule has 3 heterocycles. The first-order chi connectivity index (χ1) is 13.6. The molecule has 0 atom stereocenters. The smallest absolute Gasteiger partial charge is 0.233 e. The quantitative estimate of drug-likeness (QED) is 0.551. The van der Waals surface area contributed by atoms with Crippen molar-refractivity contribution in [3.05, 3.63) is 42.5 Å². The third kappa shape index (κ3) is 4.41. The number of benzene rings is 1. The summed E-state index contributed by atoms with van der Waals surface area (Å²) in [6.07, 6.45) is 6.11. The second-order valence-corrected chi connectivity index (χ2v) is 9.91. The highest BCUT2D eigenvalue weighted by atomic mass is 32.2. The van der Waals surface area contributed by atoms with Crippen molar-refractivity contribution in [2.45, 2.75) is 43.5 Å². The van der Waals surface area contributed by atoms with E-state index in [9.17, 15) is 4.79 Å². The van der Waals surface area contributed by atoms with E-state index >= 15 is 0 Å². The van der Waals surface area contributed by atoms with Crippen LogP contribution in [0.25, 0.3) is 10.2 Å². The van der Waals surface area contributed by atoms with Gasteiger partial charge in [-0.05, 0) is 30.9 Å². The molecule has 1 aliphatic heterocycles. The Hall–Kier alpha value is -1.86. The fourth-order valence-electron chi connectivity index (χ4n) is 3.75. The number of fused-ring (bicyclic) bond motifs is 1. The molecule has 1 fully saturated rings. The van der Waals surface area contributed by atoms with E-state index in [-0.39, 0.29) is 5.91 Å². The molecule has 28 heavy (non-hydrogen) atoms. The lowest BCUT2D eigenvalue weighted by molar-refractivity contribution is -0.129. The number of imidazole rings is 1. The number of aromatic nitrogens is 3. The minimum absolute atomic E-state index is 0.230. The average molecular weight is 415 g/mol. The van der Waals surface area contributed by atoms with Crippen molar-refractivity contribution in [2.24, 2.45) is 5.92 Å². The number of hydrogen-bond donors (Lipinski definition) is 0. The van der Waals surface area contributed by atoms with E-state index in [4.69, 9.17) is 0 Å². The van der Waals surface area contributed by atoms with E-state index < -0.39 is 0 Å². The van der Waals surface area contributed by atoms with E-state index in [0.717, 1.165) is 48.2 Å². The van der Waals surface area contributed by atoms with Crippen molar-refractivity contribution < 1.29 is 4.79 Å². The minimum Gasteiger partial charge on any atom is -0.342 e. The Morgan fingerprint density at radius 1 is 1.29 bits per heavy atom. The number of rotatable bonds is 6. The Kier molecular flexibility index (Phi) is 6.01. The van der Waals surface area contributed by atoms with Gasteiger partial charge < -0.3 is 9.47 Å². The zero-order valence-electron chi connectivity index (χ0n) is 16.4. The highest BCUT2D eigenvalue weighted by Gasteiger charge is 2.24. The standard InChI is InChI=1S/C21H26N4OS2/c1-15(2)20-22-9-12-25(20)13-16-7-10-24(11-8-16)19(26)14-27-21-23-17-5-3-4-6-18(17)28-21/h3-6,9,12,15-16H,7-8,10-11,13-14H2,1-2H3. The van der Waals surface area contributed by atoms with E-state index in [1.54, 1.807) is 23.1 Å². The summed E-state index contributed by atoms with van der Waals surface area (Å²) in [7, 11) is 0. The number of nitrogens with zero attached hydrogens (tertiary/aromatic N) is 4. The summed E-state index contributed by atoms with van der Waals surface area (Å²) in [6.45, 7) is 7.09. The Morgan fingerprint density at radius 2 is 2.07 bits per heavy atom. The summed E-state index contributed by atoms with van der Waals surface area (Å²) in [5.41, 5.74) is 1.02. The normalized spacial score (nSPS) is 15.6. The van der Waals surface area contributed by atoms with Crippen LogP contribution in [0.5, 0.6) is 0 Å². The summed E-state index contributed by atoms with van der Waals surface area (Å²) in [5, 5.41) is 0. The number of thiazole rings is 1. The minimum atomic E-state index is 0.230. The van der Waals surface area contributed by atoms with Crippen molar-refractivity contribution in [1.82, 2.24) is 19.4 Å². The molecule has 1 aromatic carbocycles. The van der Waals surface area contributed by atoms with Crippen LogP contribution >= 0.6 is 23.1 Å². The molecular weight excluding hydrogens is 388 g/mol. The first-order valence-corrected chi connectivity index (χ1v) is 11.7. The summed E-state index contributed by atoms with van der Waals surface area (Å²) in [4.78, 5) is 23.7. The summed E-state index contributed by atoms with van der Waals surface area (Å²) < 4.78 is 4.44. The van der Waals surface area contributed by atoms with Crippen molar-refractivity contribution in [3.8, 4) is 0 Å². The molecule has 5 nitrogen and oxygen atoms in total. The molecule has 0 spiro atoms. The number of carbonyl (C=O) groups excluding carboxylic acids is 1. The summed E-state index contributed by atoms with van der Waals surface area (Å²) >= 11 is 3.23. The molecule has 7 heteroatoms. The molecule has 3 aromatic rings. The molecule has 1 aliphatic rings. The second-order valence-electron chi connectivity index (χ2n) is 7.65. The van der Waals surface area contributed by atoms with Gasteiger partial charge in [-0.2, -0.15) is 0 Å². The third-order valence-corrected chi connectivity index (χ3v) is 7.44. The lowest BCUT2D eigenvalue weighted by atomic mass is 9.96. The highest BCUT2D eigenvalue weighted by molar-refractivity contribution is 8.01. The van der Waals surface area contributed by atoms with Crippen LogP contribution < -0.4 is 0 Å². The Morgan fingerprint density at radius 3 is 2.82 bits per heavy atom. The van der Waals surface area contributed by atoms with Crippen LogP contribution in [0.1, 0.15) is 38.4 Å². The SMILES string of the molecule is CC(C)c1nccn1CC1CCN(C(=O)CSc2nc3ccccc3s2)CC1. The number of para-hydroxylation sites is 1. The molecular formula is C21H26N4OS2. The first kappa shape index (κ1) is 19.5. The predicted octanol–water partition coefficient (Wildman–Crippen LogP) is 4.65. The monoisotopic (exact) mass is 414 g/mol. The van der Waals surface area contributed by atoms with Gasteiger partial charge in [0.2, 0.25) is 5.91 Å². The van der Waals surface area contributed by atoms with Gasteiger partial charge in [-0.3, -0.25) is 4.79 Å². The Bertz CT molecular complexity index is 908. The molecule has 1 amide bonds. The van der Waals surface area contributed by atoms with Gasteiger partial charge in [0.05, 0.1) is 16.0 Å². The van der Waals surface area contributed by atoms with Gasteiger partial charge in [-0.25, -0.2) is 9.97 Å². The van der Waals surface area contributed by atoms with Crippen molar-refractivity contribution in [3.63, 3.8) is 0 Å². The maximum absolute atomic E-state index is 12.6. The van der Waals surface area contributed by atoms with E-state index in [1.165, 1.54) is 4.70 Å². The van der Waals surface area contributed by atoms with Gasteiger partial charge in [0.1, 0.15) is 5.82 Å². The number of likely N-dealkylation sites (tertiary alicyclic amines) is 1. The molecule has 0 radical (unpaired) electrons. The molecule has 4 rings (SSSR count). The van der Waals surface area contributed by atoms with E-state index in [0.29, 0.717) is 17.6 Å². The van der Waals surface area contributed by atoms with Crippen LogP contribution in [0.2, 0.25) is 0 Å². The van der Waals surface area contributed by atoms with Crippen LogP contribution in [-0.4, -0.2) is 44.2 Å². The molecule has 0 N–H and O–H groups in total. The third-order valence-electron chi connectivity index (χ3n) is 5.28. The lowest BCUT2D eigenvalue weighted by Gasteiger charge is -2.32. The van der Waals surface area contributed by atoms with Crippen molar-refractivity contribution >= 4 is 39.2 Å². The number of carbonyl (C=O) groups is 1. The van der Waals surface area contributed by atoms with Crippen LogP contribution in [0, 0.1) is 5.92 Å². The Labute approximate surface area is 174 Å². The maximum atomic E-state index is 12.6. The molecule has 148 valence electrons. The van der Waals surface area contributed by atoms with Crippen molar-refractivity contribution in [2.75, 3.05) is 18.8 Å². The largest absolute Gasteiger partial charge is 0.342 e. The van der Waals surface area contributed by atoms with Gasteiger partial charge in [-0.15, -0.1) is 11.3 Å². The van der Waals surface area contributed by atoms with Gasteiger partial charge in [0.25, 0.3) is 0 Å². The lowest BCUT2D eigenvalue weighted by Crippen LogP contribution is -2.40. The van der Waals surface area contributed by atoms with Gasteiger partial charge in [0, 0.05) is 37.9 Å². The fraction of sp³-hybridized carbons (Fsp3) is 0.476. The summed E-state index contributed by atoms with van der Waals surface area (Å²) in [6, 6.07) is 8.12. The topological polar surface area (TPSA) is 51.0 Å². The predicted molar refractivity (Wildman–Crippen MR) is 116 cm³/mol. The molecule has 2 aromatic heterocycles. The molecule has 0 saturated carbocycles. The zero-order chi connectivity index (χ0) is 19.5. The van der Waals surface area contributed by atoms with E-state index in [2.05, 4.69) is 40.6 Å². The number of hydrogen-bond acceptors (Lipinski definition) is 5. The highest BCUT2D eigenvalue weighted by Crippen LogP contribution is 2.30. The Balaban J connectivity index is 1.26. The maximum Gasteiger partial charge on any atom is 0.233 e. The van der Waals surface area contributed by atoms with Crippen LogP contribution in [0.4, 0.5) is 0 Å². The second kappa shape index (κ2) is 8.66. The zero-order valence-corrected chi connectivity index (χ0v) is 18.0. The molecule has 1 saturated heterocycles. The molecule has 0 unspecified atom stereocenters. The van der Waals surface area contributed by atoms with Crippen LogP contribution in [0.15, 0.2) is 41.0 Å². The van der Waals surface area contributed by atoms with Crippen molar-refractivity contribution in [1.29, 1.82) is 0 Å². The first-order valence-electron chi connectivity index (χ1n) is 9.87. The van der Waals surface area contributed by atoms with Gasteiger partial charge in [0.15, 0.2) is 4.34 Å².